The summed E-state index contributed by atoms with van der Waals surface area (Å²) in [5.74, 6) is 2.17. The maximum Gasteiger partial charge on any atom is 0.131 e. The molecule has 0 unspecified atom stereocenters. The first-order valence-corrected chi connectivity index (χ1v) is 7.35. The molecule has 0 aromatic heterocycles. The van der Waals surface area contributed by atoms with E-state index in [0.29, 0.717) is 11.8 Å². The average Bonchev–Trinajstić information content (AvgIpc) is 2.32. The predicted molar refractivity (Wildman–Crippen MR) is 82.9 cm³/mol. The van der Waals surface area contributed by atoms with Gasteiger partial charge >= 0.3 is 0 Å². The van der Waals surface area contributed by atoms with Crippen LogP contribution in [-0.2, 0) is 0 Å². The van der Waals surface area contributed by atoms with Crippen molar-refractivity contribution >= 4 is 5.57 Å². The largest absolute Gasteiger partial charge is 0.486 e. The van der Waals surface area contributed by atoms with E-state index in [1.807, 2.05) is 0 Å². The smallest absolute Gasteiger partial charge is 0.131 e. The van der Waals surface area contributed by atoms with Crippen LogP contribution in [0.4, 0.5) is 0 Å². The van der Waals surface area contributed by atoms with Crippen LogP contribution in [0.25, 0.3) is 5.57 Å². The Morgan fingerprint density at radius 1 is 1.05 bits per heavy atom. The minimum absolute atomic E-state index is 0.172. The van der Waals surface area contributed by atoms with Gasteiger partial charge in [-0.1, -0.05) is 33.8 Å². The molecule has 1 nitrogen and oxygen atoms in total. The van der Waals surface area contributed by atoms with Crippen LogP contribution in [-0.4, -0.2) is 6.10 Å². The Morgan fingerprint density at radius 3 is 2.21 bits per heavy atom. The summed E-state index contributed by atoms with van der Waals surface area (Å²) >= 11 is 0. The zero-order valence-electron chi connectivity index (χ0n) is 13.3. The molecule has 1 aliphatic heterocycles. The fourth-order valence-electron chi connectivity index (χ4n) is 2.85. The molecule has 104 valence electrons. The Labute approximate surface area is 117 Å². The lowest BCUT2D eigenvalue weighted by molar-refractivity contribution is 0.261. The maximum atomic E-state index is 6.14. The van der Waals surface area contributed by atoms with Crippen LogP contribution in [0.3, 0.4) is 0 Å². The van der Waals surface area contributed by atoms with E-state index in [9.17, 15) is 0 Å². The standard InChI is InChI=1S/C18H26O/c1-10(2)15-8-12(5)14(7)18-17(15)16(11(3)4)9-13(6)19-18/h8-11,13H,1-7H3/t13-/m1/s1. The number of hydrogen-bond acceptors (Lipinski definition) is 1. The van der Waals surface area contributed by atoms with Crippen molar-refractivity contribution in [3.05, 3.63) is 34.4 Å². The minimum Gasteiger partial charge on any atom is -0.486 e. The van der Waals surface area contributed by atoms with Gasteiger partial charge < -0.3 is 4.74 Å². The molecule has 0 amide bonds. The minimum atomic E-state index is 0.172. The molecule has 1 atom stereocenters. The van der Waals surface area contributed by atoms with Crippen molar-refractivity contribution in [2.75, 3.05) is 0 Å². The van der Waals surface area contributed by atoms with Gasteiger partial charge in [0.05, 0.1) is 0 Å². The lowest BCUT2D eigenvalue weighted by Gasteiger charge is -2.30. The molecule has 1 heteroatoms. The molecule has 1 heterocycles. The van der Waals surface area contributed by atoms with E-state index in [4.69, 9.17) is 4.74 Å². The van der Waals surface area contributed by atoms with E-state index in [2.05, 4.69) is 60.6 Å². The topological polar surface area (TPSA) is 9.23 Å². The maximum absolute atomic E-state index is 6.14. The van der Waals surface area contributed by atoms with Gasteiger partial charge in [-0.15, -0.1) is 0 Å². The van der Waals surface area contributed by atoms with Crippen LogP contribution in [0, 0.1) is 19.8 Å². The van der Waals surface area contributed by atoms with Crippen molar-refractivity contribution in [3.8, 4) is 5.75 Å². The first kappa shape index (κ1) is 14.2. The highest BCUT2D eigenvalue weighted by molar-refractivity contribution is 5.78. The Morgan fingerprint density at radius 2 is 1.68 bits per heavy atom. The zero-order chi connectivity index (χ0) is 14.3. The number of ether oxygens (including phenoxy) is 1. The second-order valence-electron chi connectivity index (χ2n) is 6.37. The van der Waals surface area contributed by atoms with E-state index in [1.54, 1.807) is 0 Å². The van der Waals surface area contributed by atoms with Crippen molar-refractivity contribution in [1.29, 1.82) is 0 Å². The first-order chi connectivity index (χ1) is 8.82. The molecule has 0 saturated heterocycles. The van der Waals surface area contributed by atoms with Crippen LogP contribution in [0.5, 0.6) is 5.75 Å². The van der Waals surface area contributed by atoms with E-state index < -0.39 is 0 Å². The summed E-state index contributed by atoms with van der Waals surface area (Å²) in [5, 5.41) is 0. The highest BCUT2D eigenvalue weighted by atomic mass is 16.5. The van der Waals surface area contributed by atoms with Gasteiger partial charge in [-0.2, -0.15) is 0 Å². The van der Waals surface area contributed by atoms with Gasteiger partial charge in [0.1, 0.15) is 11.9 Å². The molecule has 0 spiro atoms. The molecule has 0 saturated carbocycles. The highest BCUT2D eigenvalue weighted by Gasteiger charge is 2.26. The van der Waals surface area contributed by atoms with Crippen molar-refractivity contribution in [3.63, 3.8) is 0 Å². The van der Waals surface area contributed by atoms with Crippen molar-refractivity contribution in [2.45, 2.75) is 60.5 Å². The summed E-state index contributed by atoms with van der Waals surface area (Å²) < 4.78 is 6.14. The van der Waals surface area contributed by atoms with E-state index in [0.717, 1.165) is 5.75 Å². The summed E-state index contributed by atoms with van der Waals surface area (Å²) in [7, 11) is 0. The first-order valence-electron chi connectivity index (χ1n) is 7.35. The van der Waals surface area contributed by atoms with E-state index >= 15 is 0 Å². The molecule has 0 bridgehead atoms. The zero-order valence-corrected chi connectivity index (χ0v) is 13.3. The van der Waals surface area contributed by atoms with Gasteiger partial charge in [-0.3, -0.25) is 0 Å². The van der Waals surface area contributed by atoms with Gasteiger partial charge in [0.25, 0.3) is 0 Å². The highest BCUT2D eigenvalue weighted by Crippen LogP contribution is 2.43. The van der Waals surface area contributed by atoms with Gasteiger partial charge in [0.15, 0.2) is 0 Å². The molecule has 0 radical (unpaired) electrons. The van der Waals surface area contributed by atoms with Gasteiger partial charge in [0, 0.05) is 5.56 Å². The number of benzene rings is 1. The predicted octanol–water partition coefficient (Wildman–Crippen LogP) is 5.25. The lowest BCUT2D eigenvalue weighted by Crippen LogP contribution is -2.19. The van der Waals surface area contributed by atoms with Crippen LogP contribution < -0.4 is 4.74 Å². The fourth-order valence-corrected chi connectivity index (χ4v) is 2.85. The molecular formula is C18H26O. The fraction of sp³-hybridized carbons (Fsp3) is 0.556. The van der Waals surface area contributed by atoms with Crippen LogP contribution in [0.15, 0.2) is 12.1 Å². The molecule has 0 fully saturated rings. The molecular weight excluding hydrogens is 232 g/mol. The monoisotopic (exact) mass is 258 g/mol. The van der Waals surface area contributed by atoms with Gasteiger partial charge in [-0.05, 0) is 60.9 Å². The third-order valence-electron chi connectivity index (χ3n) is 4.07. The lowest BCUT2D eigenvalue weighted by atomic mass is 9.82. The van der Waals surface area contributed by atoms with Crippen LogP contribution in [0.2, 0.25) is 0 Å². The van der Waals surface area contributed by atoms with E-state index in [1.165, 1.54) is 27.8 Å². The summed E-state index contributed by atoms with van der Waals surface area (Å²) in [6, 6.07) is 2.34. The number of hydrogen-bond donors (Lipinski definition) is 0. The normalized spacial score (nSPS) is 18.4. The summed E-state index contributed by atoms with van der Waals surface area (Å²) in [6.07, 6.45) is 2.46. The quantitative estimate of drug-likeness (QED) is 0.704. The third kappa shape index (κ3) is 2.43. The second kappa shape index (κ2) is 5.03. The SMILES string of the molecule is Cc1cc(C(C)C)c2c(c1C)O[C@H](C)C=C2C(C)C. The molecule has 19 heavy (non-hydrogen) atoms. The van der Waals surface area contributed by atoms with Crippen molar-refractivity contribution in [2.24, 2.45) is 5.92 Å². The molecule has 2 rings (SSSR count). The number of fused-ring (bicyclic) bond motifs is 1. The van der Waals surface area contributed by atoms with Crippen LogP contribution in [0.1, 0.15) is 62.8 Å². The summed E-state index contributed by atoms with van der Waals surface area (Å²) in [4.78, 5) is 0. The van der Waals surface area contributed by atoms with Gasteiger partial charge in [-0.25, -0.2) is 0 Å². The van der Waals surface area contributed by atoms with Crippen molar-refractivity contribution < 1.29 is 4.74 Å². The van der Waals surface area contributed by atoms with Gasteiger partial charge in [0.2, 0.25) is 0 Å². The molecule has 0 N–H and O–H groups in total. The Kier molecular flexibility index (Phi) is 3.75. The van der Waals surface area contributed by atoms with E-state index in [-0.39, 0.29) is 6.10 Å². The summed E-state index contributed by atoms with van der Waals surface area (Å²) in [5.41, 5.74) is 6.84. The average molecular weight is 258 g/mol. The van der Waals surface area contributed by atoms with Crippen molar-refractivity contribution in [1.82, 2.24) is 0 Å². The third-order valence-corrected chi connectivity index (χ3v) is 4.07. The molecule has 1 aliphatic rings. The molecule has 1 aromatic carbocycles. The number of aryl methyl sites for hydroxylation is 1. The number of rotatable bonds is 2. The Balaban J connectivity index is 2.76. The Hall–Kier alpha value is -1.24. The summed E-state index contributed by atoms with van der Waals surface area (Å²) in [6.45, 7) is 15.6. The molecule has 1 aromatic rings. The second-order valence-corrected chi connectivity index (χ2v) is 6.37. The molecule has 0 aliphatic carbocycles. The Bertz CT molecular complexity index is 521. The van der Waals surface area contributed by atoms with Crippen LogP contribution >= 0.6 is 0 Å². The number of allylic oxidation sites excluding steroid dienone is 1.